The van der Waals surface area contributed by atoms with Gasteiger partial charge in [-0.15, -0.1) is 0 Å². The standard InChI is InChI=1S/C46H28O/c1-3-10-29(11-4-1)33-22-27-41-43(28-33)47-42-17-9-16-38(46(41)42)37-24-19-32-20-25-39-36(23-18-31-21-26-40(37)45(32)44(31)39)35-15-8-7-14-34(35)30-12-5-2-6-13-30/h1-28H. The molecule has 0 aliphatic heterocycles. The van der Waals surface area contributed by atoms with E-state index in [1.165, 1.54) is 71.3 Å². The molecule has 0 saturated carbocycles. The molecule has 0 fully saturated rings. The molecule has 1 aromatic heterocycles. The van der Waals surface area contributed by atoms with Crippen LogP contribution in [0.2, 0.25) is 0 Å². The molecule has 0 aliphatic rings. The summed E-state index contributed by atoms with van der Waals surface area (Å²) < 4.78 is 6.51. The number of hydrogen-bond acceptors (Lipinski definition) is 1. The summed E-state index contributed by atoms with van der Waals surface area (Å²) in [6.07, 6.45) is 0. The Morgan fingerprint density at radius 2 is 0.830 bits per heavy atom. The Labute approximate surface area is 272 Å². The van der Waals surface area contributed by atoms with E-state index in [1.807, 2.05) is 0 Å². The lowest BCUT2D eigenvalue weighted by atomic mass is 9.85. The van der Waals surface area contributed by atoms with Crippen LogP contribution in [0.15, 0.2) is 174 Å². The highest BCUT2D eigenvalue weighted by atomic mass is 16.3. The van der Waals surface area contributed by atoms with Gasteiger partial charge in [0.2, 0.25) is 0 Å². The van der Waals surface area contributed by atoms with Gasteiger partial charge >= 0.3 is 0 Å². The minimum Gasteiger partial charge on any atom is -0.456 e. The molecule has 1 heterocycles. The van der Waals surface area contributed by atoms with Gasteiger partial charge in [-0.3, -0.25) is 0 Å². The molecule has 0 saturated heterocycles. The van der Waals surface area contributed by atoms with Gasteiger partial charge in [0.05, 0.1) is 0 Å². The third kappa shape index (κ3) is 3.97. The molecule has 10 rings (SSSR count). The van der Waals surface area contributed by atoms with Gasteiger partial charge in [-0.05, 0) is 95.0 Å². The predicted molar refractivity (Wildman–Crippen MR) is 199 cm³/mol. The Hall–Kier alpha value is -6.18. The fourth-order valence-corrected chi connectivity index (χ4v) is 7.72. The molecule has 47 heavy (non-hydrogen) atoms. The molecular weight excluding hydrogens is 569 g/mol. The van der Waals surface area contributed by atoms with Crippen LogP contribution < -0.4 is 0 Å². The largest absolute Gasteiger partial charge is 0.456 e. The monoisotopic (exact) mass is 596 g/mol. The average molecular weight is 597 g/mol. The highest BCUT2D eigenvalue weighted by molar-refractivity contribution is 6.29. The van der Waals surface area contributed by atoms with Crippen LogP contribution in [0.4, 0.5) is 0 Å². The van der Waals surface area contributed by atoms with E-state index in [-0.39, 0.29) is 0 Å². The summed E-state index contributed by atoms with van der Waals surface area (Å²) in [5, 5.41) is 9.99. The van der Waals surface area contributed by atoms with Crippen LogP contribution in [0.25, 0.3) is 98.8 Å². The van der Waals surface area contributed by atoms with Crippen LogP contribution >= 0.6 is 0 Å². The number of hydrogen-bond donors (Lipinski definition) is 0. The van der Waals surface area contributed by atoms with Gasteiger partial charge < -0.3 is 4.42 Å². The molecule has 1 heteroatoms. The van der Waals surface area contributed by atoms with Crippen LogP contribution in [-0.4, -0.2) is 0 Å². The molecule has 0 N–H and O–H groups in total. The van der Waals surface area contributed by atoms with Crippen molar-refractivity contribution in [1.29, 1.82) is 0 Å². The Kier molecular flexibility index (Phi) is 5.64. The number of benzene rings is 9. The fraction of sp³-hybridized carbons (Fsp3) is 0. The fourth-order valence-electron chi connectivity index (χ4n) is 7.72. The molecule has 9 aromatic carbocycles. The van der Waals surface area contributed by atoms with Crippen molar-refractivity contribution >= 4 is 54.3 Å². The summed E-state index contributed by atoms with van der Waals surface area (Å²) in [5.41, 5.74) is 11.6. The Bertz CT molecular complexity index is 2770. The third-order valence-corrected chi connectivity index (χ3v) is 9.86. The van der Waals surface area contributed by atoms with E-state index >= 15 is 0 Å². The average Bonchev–Trinajstić information content (AvgIpc) is 3.53. The van der Waals surface area contributed by atoms with E-state index in [4.69, 9.17) is 4.42 Å². The molecule has 0 aliphatic carbocycles. The van der Waals surface area contributed by atoms with Gasteiger partial charge in [0.15, 0.2) is 0 Å². The molecule has 0 unspecified atom stereocenters. The smallest absolute Gasteiger partial charge is 0.136 e. The maximum atomic E-state index is 6.51. The van der Waals surface area contributed by atoms with Crippen LogP contribution in [0.3, 0.4) is 0 Å². The van der Waals surface area contributed by atoms with Crippen molar-refractivity contribution in [3.8, 4) is 44.5 Å². The quantitative estimate of drug-likeness (QED) is 0.184. The van der Waals surface area contributed by atoms with Crippen molar-refractivity contribution in [2.24, 2.45) is 0 Å². The zero-order chi connectivity index (χ0) is 30.9. The van der Waals surface area contributed by atoms with Gasteiger partial charge in [0.1, 0.15) is 11.2 Å². The van der Waals surface area contributed by atoms with Crippen molar-refractivity contribution in [2.45, 2.75) is 0 Å². The minimum atomic E-state index is 0.910. The maximum absolute atomic E-state index is 6.51. The van der Waals surface area contributed by atoms with Crippen molar-refractivity contribution in [3.63, 3.8) is 0 Å². The Morgan fingerprint density at radius 3 is 1.53 bits per heavy atom. The number of fused-ring (bicyclic) bond motifs is 3. The van der Waals surface area contributed by atoms with Crippen LogP contribution in [0, 0.1) is 0 Å². The van der Waals surface area contributed by atoms with Gasteiger partial charge in [-0.25, -0.2) is 0 Å². The van der Waals surface area contributed by atoms with E-state index in [0.29, 0.717) is 0 Å². The summed E-state index contributed by atoms with van der Waals surface area (Å²) in [5.74, 6) is 0. The van der Waals surface area contributed by atoms with Crippen LogP contribution in [0.5, 0.6) is 0 Å². The molecule has 0 radical (unpaired) electrons. The summed E-state index contributed by atoms with van der Waals surface area (Å²) in [4.78, 5) is 0. The van der Waals surface area contributed by atoms with Crippen molar-refractivity contribution < 1.29 is 4.42 Å². The molecule has 0 bridgehead atoms. The lowest BCUT2D eigenvalue weighted by molar-refractivity contribution is 0.669. The second-order valence-corrected chi connectivity index (χ2v) is 12.4. The van der Waals surface area contributed by atoms with Crippen molar-refractivity contribution in [2.75, 3.05) is 0 Å². The number of furan rings is 1. The first-order valence-corrected chi connectivity index (χ1v) is 16.2. The first-order valence-electron chi connectivity index (χ1n) is 16.2. The second kappa shape index (κ2) is 10.2. The second-order valence-electron chi connectivity index (χ2n) is 12.4. The van der Waals surface area contributed by atoms with Gasteiger partial charge in [0, 0.05) is 10.8 Å². The number of rotatable bonds is 4. The van der Waals surface area contributed by atoms with Crippen molar-refractivity contribution in [3.05, 3.63) is 170 Å². The van der Waals surface area contributed by atoms with E-state index in [1.54, 1.807) is 0 Å². The van der Waals surface area contributed by atoms with Gasteiger partial charge in [-0.1, -0.05) is 152 Å². The van der Waals surface area contributed by atoms with E-state index in [0.717, 1.165) is 27.5 Å². The summed E-state index contributed by atoms with van der Waals surface area (Å²) in [7, 11) is 0. The first kappa shape index (κ1) is 26.1. The highest BCUT2D eigenvalue weighted by Crippen LogP contribution is 2.46. The Balaban J connectivity index is 1.21. The van der Waals surface area contributed by atoms with Gasteiger partial charge in [0.25, 0.3) is 0 Å². The van der Waals surface area contributed by atoms with Crippen LogP contribution in [-0.2, 0) is 0 Å². The van der Waals surface area contributed by atoms with Gasteiger partial charge in [-0.2, -0.15) is 0 Å². The minimum absolute atomic E-state index is 0.910. The molecule has 0 spiro atoms. The van der Waals surface area contributed by atoms with Crippen LogP contribution in [0.1, 0.15) is 0 Å². The molecule has 218 valence electrons. The zero-order valence-electron chi connectivity index (χ0n) is 25.6. The lowest BCUT2D eigenvalue weighted by Crippen LogP contribution is -1.91. The molecule has 10 aromatic rings. The lowest BCUT2D eigenvalue weighted by Gasteiger charge is -2.18. The third-order valence-electron chi connectivity index (χ3n) is 9.86. The zero-order valence-corrected chi connectivity index (χ0v) is 25.6. The van der Waals surface area contributed by atoms with E-state index in [2.05, 4.69) is 170 Å². The molecular formula is C46H28O. The SMILES string of the molecule is c1ccc(-c2ccc3c(c2)oc2cccc(-c4ccc5ccc6c(-c7ccccc7-c7ccccc7)ccc7ccc4c5c76)c23)cc1. The van der Waals surface area contributed by atoms with Crippen molar-refractivity contribution in [1.82, 2.24) is 0 Å². The predicted octanol–water partition coefficient (Wildman–Crippen LogP) is 13.2. The summed E-state index contributed by atoms with van der Waals surface area (Å²) in [6, 6.07) is 61.4. The summed E-state index contributed by atoms with van der Waals surface area (Å²) >= 11 is 0. The highest BCUT2D eigenvalue weighted by Gasteiger charge is 2.19. The maximum Gasteiger partial charge on any atom is 0.136 e. The molecule has 0 atom stereocenters. The topological polar surface area (TPSA) is 13.1 Å². The first-order chi connectivity index (χ1) is 23.3. The van der Waals surface area contributed by atoms with E-state index < -0.39 is 0 Å². The summed E-state index contributed by atoms with van der Waals surface area (Å²) in [6.45, 7) is 0. The van der Waals surface area contributed by atoms with E-state index in [9.17, 15) is 0 Å². The molecule has 1 nitrogen and oxygen atoms in total. The Morgan fingerprint density at radius 1 is 0.277 bits per heavy atom. The normalized spacial score (nSPS) is 11.8. The molecule has 0 amide bonds.